The van der Waals surface area contributed by atoms with Crippen LogP contribution in [0.5, 0.6) is 0 Å². The van der Waals surface area contributed by atoms with Gasteiger partial charge in [-0.2, -0.15) is 0 Å². The number of thioether (sulfide) groups is 1. The van der Waals surface area contributed by atoms with E-state index in [2.05, 4.69) is 6.92 Å². The number of rotatable bonds is 6. The molecule has 4 nitrogen and oxygen atoms in total. The molecule has 27 heavy (non-hydrogen) atoms. The summed E-state index contributed by atoms with van der Waals surface area (Å²) in [6, 6.07) is 7.84. The lowest BCUT2D eigenvalue weighted by molar-refractivity contribution is 0.102. The van der Waals surface area contributed by atoms with Gasteiger partial charge in [0.2, 0.25) is 0 Å². The van der Waals surface area contributed by atoms with Gasteiger partial charge in [-0.25, -0.2) is 4.98 Å². The monoisotopic (exact) mass is 398 g/mol. The summed E-state index contributed by atoms with van der Waals surface area (Å²) in [4.78, 5) is 32.2. The predicted octanol–water partition coefficient (Wildman–Crippen LogP) is 4.41. The Labute approximate surface area is 166 Å². The Hall–Kier alpha value is -1.92. The molecule has 4 rings (SSSR count). The van der Waals surface area contributed by atoms with E-state index in [1.54, 1.807) is 23.0 Å². The molecule has 0 N–H and O–H groups in total. The Balaban J connectivity index is 1.54. The van der Waals surface area contributed by atoms with Crippen LogP contribution in [0.4, 0.5) is 0 Å². The first-order chi connectivity index (χ1) is 13.1. The number of carbonyl (C=O) groups is 1. The number of hydrogen-bond acceptors (Lipinski definition) is 5. The van der Waals surface area contributed by atoms with Crippen molar-refractivity contribution >= 4 is 39.1 Å². The van der Waals surface area contributed by atoms with Gasteiger partial charge in [0.15, 0.2) is 10.9 Å². The molecule has 0 amide bonds. The molecule has 0 aliphatic heterocycles. The maximum absolute atomic E-state index is 12.8. The molecule has 6 heteroatoms. The lowest BCUT2D eigenvalue weighted by atomic mass is 10.1. The van der Waals surface area contributed by atoms with Crippen LogP contribution in [-0.4, -0.2) is 21.1 Å². The molecule has 1 aliphatic carbocycles. The van der Waals surface area contributed by atoms with Gasteiger partial charge in [0.25, 0.3) is 5.56 Å². The van der Waals surface area contributed by atoms with Crippen molar-refractivity contribution in [2.75, 3.05) is 5.75 Å². The fraction of sp³-hybridized carbons (Fsp3) is 0.381. The molecule has 0 radical (unpaired) electrons. The van der Waals surface area contributed by atoms with Crippen LogP contribution in [0.2, 0.25) is 0 Å². The zero-order valence-electron chi connectivity index (χ0n) is 15.6. The molecule has 0 saturated carbocycles. The SMILES string of the molecule is CCCc1ccc(C(=O)CSc2nc3sc4c(c3c(=O)n2C)CCC4)cc1. The van der Waals surface area contributed by atoms with Crippen LogP contribution < -0.4 is 5.56 Å². The molecular weight excluding hydrogens is 376 g/mol. The van der Waals surface area contributed by atoms with E-state index in [1.165, 1.54) is 27.8 Å². The minimum absolute atomic E-state index is 0.0123. The summed E-state index contributed by atoms with van der Waals surface area (Å²) in [7, 11) is 1.75. The summed E-state index contributed by atoms with van der Waals surface area (Å²) in [5, 5.41) is 1.40. The molecule has 0 saturated heterocycles. The number of thiophene rings is 1. The number of aromatic nitrogens is 2. The van der Waals surface area contributed by atoms with Crippen LogP contribution in [0.15, 0.2) is 34.2 Å². The van der Waals surface area contributed by atoms with Crippen molar-refractivity contribution in [1.29, 1.82) is 0 Å². The largest absolute Gasteiger partial charge is 0.293 e. The van der Waals surface area contributed by atoms with Gasteiger partial charge in [-0.05, 0) is 36.8 Å². The van der Waals surface area contributed by atoms with Gasteiger partial charge in [0.05, 0.1) is 11.1 Å². The van der Waals surface area contributed by atoms with Gasteiger partial charge in [0, 0.05) is 17.5 Å². The smallest absolute Gasteiger partial charge is 0.262 e. The minimum atomic E-state index is 0.0123. The molecule has 0 fully saturated rings. The number of ketones is 1. The highest BCUT2D eigenvalue weighted by Gasteiger charge is 2.22. The molecule has 2 aromatic heterocycles. The van der Waals surface area contributed by atoms with E-state index in [4.69, 9.17) is 4.98 Å². The predicted molar refractivity (Wildman–Crippen MR) is 112 cm³/mol. The number of carbonyl (C=O) groups excluding carboxylic acids is 1. The first kappa shape index (κ1) is 18.4. The average molecular weight is 399 g/mol. The summed E-state index contributed by atoms with van der Waals surface area (Å²) in [5.41, 5.74) is 3.17. The van der Waals surface area contributed by atoms with E-state index in [0.29, 0.717) is 10.7 Å². The summed E-state index contributed by atoms with van der Waals surface area (Å²) >= 11 is 2.98. The van der Waals surface area contributed by atoms with Crippen molar-refractivity contribution in [3.63, 3.8) is 0 Å². The first-order valence-corrected chi connectivity index (χ1v) is 11.1. The van der Waals surface area contributed by atoms with E-state index >= 15 is 0 Å². The van der Waals surface area contributed by atoms with Crippen molar-refractivity contribution in [2.45, 2.75) is 44.2 Å². The zero-order chi connectivity index (χ0) is 19.0. The number of hydrogen-bond donors (Lipinski definition) is 0. The molecule has 0 atom stereocenters. The Morgan fingerprint density at radius 1 is 1.26 bits per heavy atom. The highest BCUT2D eigenvalue weighted by molar-refractivity contribution is 7.99. The van der Waals surface area contributed by atoms with Crippen molar-refractivity contribution in [3.8, 4) is 0 Å². The third-order valence-electron chi connectivity index (χ3n) is 5.05. The molecule has 1 aromatic carbocycles. The van der Waals surface area contributed by atoms with E-state index in [0.717, 1.165) is 42.3 Å². The third kappa shape index (κ3) is 3.48. The Kier molecular flexibility index (Phi) is 5.19. The molecule has 140 valence electrons. The lowest BCUT2D eigenvalue weighted by Gasteiger charge is -2.07. The van der Waals surface area contributed by atoms with Crippen LogP contribution >= 0.6 is 23.1 Å². The Bertz CT molecular complexity index is 1060. The van der Waals surface area contributed by atoms with Gasteiger partial charge >= 0.3 is 0 Å². The van der Waals surface area contributed by atoms with Gasteiger partial charge in [0.1, 0.15) is 4.83 Å². The second-order valence-corrected chi connectivity index (χ2v) is 8.98. The van der Waals surface area contributed by atoms with Gasteiger partial charge in [-0.15, -0.1) is 11.3 Å². The van der Waals surface area contributed by atoms with Crippen molar-refractivity contribution in [1.82, 2.24) is 9.55 Å². The molecule has 3 aromatic rings. The molecule has 0 bridgehead atoms. The molecular formula is C21H22N2O2S2. The minimum Gasteiger partial charge on any atom is -0.293 e. The fourth-order valence-electron chi connectivity index (χ4n) is 3.59. The summed E-state index contributed by atoms with van der Waals surface area (Å²) in [6.45, 7) is 2.14. The van der Waals surface area contributed by atoms with E-state index < -0.39 is 0 Å². The topological polar surface area (TPSA) is 52.0 Å². The van der Waals surface area contributed by atoms with E-state index in [-0.39, 0.29) is 17.1 Å². The quantitative estimate of drug-likeness (QED) is 0.351. The lowest BCUT2D eigenvalue weighted by Crippen LogP contribution is -2.20. The van der Waals surface area contributed by atoms with Crippen LogP contribution in [0.25, 0.3) is 10.2 Å². The number of aryl methyl sites for hydroxylation is 3. The van der Waals surface area contributed by atoms with Crippen LogP contribution in [0.1, 0.15) is 46.1 Å². The first-order valence-electron chi connectivity index (χ1n) is 9.34. The number of fused-ring (bicyclic) bond motifs is 3. The van der Waals surface area contributed by atoms with E-state index in [1.807, 2.05) is 24.3 Å². The summed E-state index contributed by atoms with van der Waals surface area (Å²) in [6.07, 6.45) is 5.28. The summed E-state index contributed by atoms with van der Waals surface area (Å²) < 4.78 is 1.59. The fourth-order valence-corrected chi connectivity index (χ4v) is 5.76. The molecule has 1 aliphatic rings. The molecule has 0 spiro atoms. The van der Waals surface area contributed by atoms with Crippen LogP contribution in [0.3, 0.4) is 0 Å². The molecule has 0 unspecified atom stereocenters. The highest BCUT2D eigenvalue weighted by Crippen LogP contribution is 2.35. The van der Waals surface area contributed by atoms with Gasteiger partial charge < -0.3 is 0 Å². The average Bonchev–Trinajstić information content (AvgIpc) is 3.25. The maximum atomic E-state index is 12.8. The third-order valence-corrected chi connectivity index (χ3v) is 7.27. The Morgan fingerprint density at radius 2 is 2.04 bits per heavy atom. The Morgan fingerprint density at radius 3 is 2.78 bits per heavy atom. The van der Waals surface area contributed by atoms with Crippen molar-refractivity contribution in [3.05, 3.63) is 56.2 Å². The van der Waals surface area contributed by atoms with Crippen molar-refractivity contribution in [2.24, 2.45) is 7.05 Å². The van der Waals surface area contributed by atoms with Crippen molar-refractivity contribution < 1.29 is 4.79 Å². The second kappa shape index (κ2) is 7.60. The van der Waals surface area contributed by atoms with Gasteiger partial charge in [-0.1, -0.05) is 49.4 Å². The number of nitrogens with zero attached hydrogens (tertiary/aromatic N) is 2. The van der Waals surface area contributed by atoms with Gasteiger partial charge in [-0.3, -0.25) is 14.2 Å². The standard InChI is InChI=1S/C21H22N2O2S2/c1-3-5-13-8-10-14(11-9-13)16(24)12-26-21-22-19-18(20(25)23(21)2)15-6-4-7-17(15)27-19/h8-11H,3-7,12H2,1-2H3. The molecule has 2 heterocycles. The van der Waals surface area contributed by atoms with Crippen LogP contribution in [0, 0.1) is 0 Å². The second-order valence-electron chi connectivity index (χ2n) is 6.95. The summed E-state index contributed by atoms with van der Waals surface area (Å²) in [5.74, 6) is 0.343. The normalized spacial score (nSPS) is 13.3. The van der Waals surface area contributed by atoms with E-state index in [9.17, 15) is 9.59 Å². The van der Waals surface area contributed by atoms with Crippen LogP contribution in [-0.2, 0) is 26.3 Å². The number of Topliss-reactive ketones (excluding diaryl/α,β-unsaturated/α-hetero) is 1. The zero-order valence-corrected chi connectivity index (χ0v) is 17.2. The maximum Gasteiger partial charge on any atom is 0.262 e. The number of benzene rings is 1. The highest BCUT2D eigenvalue weighted by atomic mass is 32.2.